The molecule has 1 aromatic carbocycles. The lowest BCUT2D eigenvalue weighted by Crippen LogP contribution is -2.47. The van der Waals surface area contributed by atoms with Crippen molar-refractivity contribution in [2.24, 2.45) is 5.92 Å². The van der Waals surface area contributed by atoms with Crippen LogP contribution in [0, 0.1) is 12.8 Å². The van der Waals surface area contributed by atoms with Crippen molar-refractivity contribution < 1.29 is 9.59 Å². The Labute approximate surface area is 158 Å². The first-order valence-corrected chi connectivity index (χ1v) is 10.0. The number of nitrogens with zero attached hydrogens (tertiary/aromatic N) is 3. The maximum Gasteiger partial charge on any atom is 0.321 e. The Morgan fingerprint density at radius 2 is 2.12 bits per heavy atom. The van der Waals surface area contributed by atoms with Crippen molar-refractivity contribution in [2.75, 3.05) is 31.5 Å². The molecule has 0 radical (unpaired) electrons. The lowest BCUT2D eigenvalue weighted by atomic mass is 9.96. The topological polar surface area (TPSA) is 65.5 Å². The van der Waals surface area contributed by atoms with Gasteiger partial charge in [0.05, 0.1) is 21.1 Å². The Morgan fingerprint density at radius 3 is 2.85 bits per heavy atom. The predicted molar refractivity (Wildman–Crippen MR) is 106 cm³/mol. The first-order valence-electron chi connectivity index (χ1n) is 9.23. The molecule has 3 amide bonds. The Morgan fingerprint density at radius 1 is 1.35 bits per heavy atom. The molecule has 0 spiro atoms. The third-order valence-electron chi connectivity index (χ3n) is 4.88. The van der Waals surface area contributed by atoms with E-state index in [4.69, 9.17) is 0 Å². The third kappa shape index (κ3) is 3.98. The number of urea groups is 1. The SMILES string of the molecule is CCN(CC)C(=O)C1CCCN(C(=O)Nc2ccc3nc(C)sc3c2)C1. The minimum atomic E-state index is -0.136. The molecule has 1 unspecified atom stereocenters. The number of aryl methyl sites for hydroxylation is 1. The number of benzene rings is 1. The molecule has 1 aromatic heterocycles. The van der Waals surface area contributed by atoms with E-state index < -0.39 is 0 Å². The van der Waals surface area contributed by atoms with E-state index in [1.54, 1.807) is 16.2 Å². The number of piperidine rings is 1. The highest BCUT2D eigenvalue weighted by Gasteiger charge is 2.30. The summed E-state index contributed by atoms with van der Waals surface area (Å²) in [6, 6.07) is 5.63. The molecule has 1 N–H and O–H groups in total. The Balaban J connectivity index is 1.65. The van der Waals surface area contributed by atoms with Crippen LogP contribution >= 0.6 is 11.3 Å². The molecule has 1 aliphatic heterocycles. The molecule has 2 aromatic rings. The largest absolute Gasteiger partial charge is 0.343 e. The smallest absolute Gasteiger partial charge is 0.321 e. The van der Waals surface area contributed by atoms with Gasteiger partial charge in [-0.05, 0) is 51.8 Å². The summed E-state index contributed by atoms with van der Waals surface area (Å²) in [4.78, 5) is 33.3. The van der Waals surface area contributed by atoms with E-state index >= 15 is 0 Å². The van der Waals surface area contributed by atoms with Crippen LogP contribution in [-0.4, -0.2) is 52.9 Å². The maximum atomic E-state index is 12.7. The number of nitrogens with one attached hydrogen (secondary N) is 1. The van der Waals surface area contributed by atoms with E-state index in [2.05, 4.69) is 10.3 Å². The van der Waals surface area contributed by atoms with E-state index in [1.807, 2.05) is 43.9 Å². The molecule has 140 valence electrons. The van der Waals surface area contributed by atoms with Crippen molar-refractivity contribution in [2.45, 2.75) is 33.6 Å². The third-order valence-corrected chi connectivity index (χ3v) is 5.81. The molecule has 1 atom stereocenters. The Kier molecular flexibility index (Phi) is 5.76. The first kappa shape index (κ1) is 18.6. The molecule has 3 rings (SSSR count). The fourth-order valence-corrected chi connectivity index (χ4v) is 4.34. The van der Waals surface area contributed by atoms with Gasteiger partial charge in [-0.2, -0.15) is 0 Å². The van der Waals surface area contributed by atoms with Gasteiger partial charge in [0.25, 0.3) is 0 Å². The van der Waals surface area contributed by atoms with Crippen LogP contribution in [0.1, 0.15) is 31.7 Å². The van der Waals surface area contributed by atoms with Gasteiger partial charge >= 0.3 is 6.03 Å². The van der Waals surface area contributed by atoms with Crippen molar-refractivity contribution in [1.29, 1.82) is 0 Å². The number of hydrogen-bond donors (Lipinski definition) is 1. The predicted octanol–water partition coefficient (Wildman–Crippen LogP) is 3.72. The summed E-state index contributed by atoms with van der Waals surface area (Å²) in [5, 5.41) is 3.98. The van der Waals surface area contributed by atoms with Crippen LogP contribution in [0.5, 0.6) is 0 Å². The molecular weight excluding hydrogens is 348 g/mol. The van der Waals surface area contributed by atoms with Gasteiger partial charge in [0.1, 0.15) is 0 Å². The molecule has 0 saturated carbocycles. The normalized spacial score (nSPS) is 17.3. The van der Waals surface area contributed by atoms with E-state index in [0.717, 1.165) is 33.8 Å². The van der Waals surface area contributed by atoms with Gasteiger partial charge in [-0.1, -0.05) is 0 Å². The summed E-state index contributed by atoms with van der Waals surface area (Å²) in [6.45, 7) is 8.57. The van der Waals surface area contributed by atoms with Crippen molar-refractivity contribution in [3.8, 4) is 0 Å². The second-order valence-corrected chi connectivity index (χ2v) is 7.88. The molecule has 1 aliphatic rings. The number of anilines is 1. The quantitative estimate of drug-likeness (QED) is 0.887. The molecule has 1 saturated heterocycles. The summed E-state index contributed by atoms with van der Waals surface area (Å²) in [5.41, 5.74) is 1.72. The minimum absolute atomic E-state index is 0.0963. The van der Waals surface area contributed by atoms with Crippen LogP contribution in [-0.2, 0) is 4.79 Å². The summed E-state index contributed by atoms with van der Waals surface area (Å²) in [7, 11) is 0. The van der Waals surface area contributed by atoms with Crippen LogP contribution in [0.3, 0.4) is 0 Å². The van der Waals surface area contributed by atoms with Crippen LogP contribution in [0.4, 0.5) is 10.5 Å². The highest BCUT2D eigenvalue weighted by Crippen LogP contribution is 2.25. The van der Waals surface area contributed by atoms with E-state index in [1.165, 1.54) is 0 Å². The van der Waals surface area contributed by atoms with Crippen LogP contribution in [0.25, 0.3) is 10.2 Å². The van der Waals surface area contributed by atoms with Crippen molar-refractivity contribution in [3.63, 3.8) is 0 Å². The Hall–Kier alpha value is -2.15. The fraction of sp³-hybridized carbons (Fsp3) is 0.526. The zero-order valence-corrected chi connectivity index (χ0v) is 16.4. The van der Waals surface area contributed by atoms with Gasteiger partial charge in [-0.15, -0.1) is 11.3 Å². The molecule has 0 bridgehead atoms. The second-order valence-electron chi connectivity index (χ2n) is 6.64. The highest BCUT2D eigenvalue weighted by atomic mass is 32.1. The Bertz CT molecular complexity index is 800. The fourth-order valence-electron chi connectivity index (χ4n) is 3.48. The average Bonchev–Trinajstić information content (AvgIpc) is 3.02. The first-order chi connectivity index (χ1) is 12.5. The summed E-state index contributed by atoms with van der Waals surface area (Å²) < 4.78 is 1.06. The number of likely N-dealkylation sites (tertiary alicyclic amines) is 1. The van der Waals surface area contributed by atoms with Gasteiger partial charge < -0.3 is 15.1 Å². The van der Waals surface area contributed by atoms with Gasteiger partial charge in [0, 0.05) is 31.9 Å². The monoisotopic (exact) mass is 374 g/mol. The van der Waals surface area contributed by atoms with Gasteiger partial charge in [0.15, 0.2) is 0 Å². The maximum absolute atomic E-state index is 12.7. The lowest BCUT2D eigenvalue weighted by molar-refractivity contribution is -0.136. The van der Waals surface area contributed by atoms with Crippen LogP contribution in [0.15, 0.2) is 18.2 Å². The van der Waals surface area contributed by atoms with Crippen LogP contribution < -0.4 is 5.32 Å². The number of thiazole rings is 1. The van der Waals surface area contributed by atoms with Gasteiger partial charge in [-0.25, -0.2) is 9.78 Å². The molecule has 2 heterocycles. The van der Waals surface area contributed by atoms with Crippen molar-refractivity contribution in [3.05, 3.63) is 23.2 Å². The van der Waals surface area contributed by atoms with Crippen molar-refractivity contribution in [1.82, 2.24) is 14.8 Å². The van der Waals surface area contributed by atoms with Gasteiger partial charge in [-0.3, -0.25) is 4.79 Å². The summed E-state index contributed by atoms with van der Waals surface area (Å²) in [6.07, 6.45) is 1.71. The molecule has 6 nitrogen and oxygen atoms in total. The molecule has 7 heteroatoms. The number of carbonyl (C=O) groups is 2. The zero-order chi connectivity index (χ0) is 18.7. The van der Waals surface area contributed by atoms with Crippen LogP contribution in [0.2, 0.25) is 0 Å². The number of rotatable bonds is 4. The lowest BCUT2D eigenvalue weighted by Gasteiger charge is -2.34. The number of hydrogen-bond acceptors (Lipinski definition) is 4. The molecular formula is C19H26N4O2S. The number of aromatic nitrogens is 1. The van der Waals surface area contributed by atoms with Crippen molar-refractivity contribution >= 4 is 39.2 Å². The molecule has 1 fully saturated rings. The van der Waals surface area contributed by atoms with Gasteiger partial charge in [0.2, 0.25) is 5.91 Å². The number of amides is 3. The summed E-state index contributed by atoms with van der Waals surface area (Å²) in [5.74, 6) is 0.0649. The zero-order valence-electron chi connectivity index (χ0n) is 15.6. The van der Waals surface area contributed by atoms with E-state index in [-0.39, 0.29) is 17.9 Å². The minimum Gasteiger partial charge on any atom is -0.343 e. The molecule has 26 heavy (non-hydrogen) atoms. The number of fused-ring (bicyclic) bond motifs is 1. The number of carbonyl (C=O) groups excluding carboxylic acids is 2. The summed E-state index contributed by atoms with van der Waals surface area (Å²) >= 11 is 1.62. The molecule has 0 aliphatic carbocycles. The standard InChI is InChI=1S/C19H26N4O2S/c1-4-22(5-2)18(24)14-7-6-10-23(12-14)19(25)21-15-8-9-16-17(11-15)26-13(3)20-16/h8-9,11,14H,4-7,10,12H2,1-3H3,(H,21,25). The van der Waals surface area contributed by atoms with E-state index in [9.17, 15) is 9.59 Å². The highest BCUT2D eigenvalue weighted by molar-refractivity contribution is 7.18. The second kappa shape index (κ2) is 8.03. The van der Waals surface area contributed by atoms with E-state index in [0.29, 0.717) is 26.2 Å². The average molecular weight is 375 g/mol.